The summed E-state index contributed by atoms with van der Waals surface area (Å²) in [6, 6.07) is 9.80. The zero-order valence-corrected chi connectivity index (χ0v) is 8.10. The zero-order valence-electron chi connectivity index (χ0n) is 8.10. The van der Waals surface area contributed by atoms with E-state index in [0.717, 1.165) is 29.3 Å². The molecule has 2 aromatic rings. The predicted molar refractivity (Wildman–Crippen MR) is 55.2 cm³/mol. The number of aryl methyl sites for hydroxylation is 1. The molecule has 70 valence electrons. The van der Waals surface area contributed by atoms with Crippen molar-refractivity contribution in [2.24, 2.45) is 0 Å². The second-order valence-corrected chi connectivity index (χ2v) is 3.20. The van der Waals surface area contributed by atoms with Crippen LogP contribution in [0, 0.1) is 0 Å². The fraction of sp³-hybridized carbons (Fsp3) is 0.167. The lowest BCUT2D eigenvalue weighted by Gasteiger charge is -2.00. The summed E-state index contributed by atoms with van der Waals surface area (Å²) in [7, 11) is 0. The number of benzene rings is 1. The van der Waals surface area contributed by atoms with Crippen LogP contribution < -0.4 is 4.57 Å². The van der Waals surface area contributed by atoms with Crippen molar-refractivity contribution in [1.82, 2.24) is 0 Å². The highest BCUT2D eigenvalue weighted by Gasteiger charge is 2.10. The van der Waals surface area contributed by atoms with E-state index < -0.39 is 0 Å². The number of para-hydroxylation sites is 1. The Hall–Kier alpha value is -1.70. The van der Waals surface area contributed by atoms with Crippen LogP contribution in [0.3, 0.4) is 0 Å². The van der Waals surface area contributed by atoms with Crippen molar-refractivity contribution in [3.63, 3.8) is 0 Å². The summed E-state index contributed by atoms with van der Waals surface area (Å²) in [6.45, 7) is 2.95. The molecule has 1 aromatic heterocycles. The Labute approximate surface area is 82.8 Å². The second-order valence-electron chi connectivity index (χ2n) is 3.20. The lowest BCUT2D eigenvalue weighted by Crippen LogP contribution is -2.33. The number of rotatable bonds is 2. The van der Waals surface area contributed by atoms with Gasteiger partial charge in [-0.1, -0.05) is 6.07 Å². The van der Waals surface area contributed by atoms with Crippen LogP contribution in [0.2, 0.25) is 0 Å². The van der Waals surface area contributed by atoms with Crippen LogP contribution in [-0.4, -0.2) is 6.29 Å². The minimum absolute atomic E-state index is 0.755. The average Bonchev–Trinajstić information content (AvgIpc) is 2.27. The SMILES string of the molecule is CC[n+]1cccc2cccc(C=O)c21. The van der Waals surface area contributed by atoms with Gasteiger partial charge in [-0.3, -0.25) is 4.79 Å². The van der Waals surface area contributed by atoms with Gasteiger partial charge in [-0.15, -0.1) is 0 Å². The van der Waals surface area contributed by atoms with Gasteiger partial charge in [-0.25, -0.2) is 0 Å². The molecule has 0 radical (unpaired) electrons. The lowest BCUT2D eigenvalue weighted by molar-refractivity contribution is -0.667. The number of aldehydes is 1. The number of carbonyl (C=O) groups excluding carboxylic acids is 1. The summed E-state index contributed by atoms with van der Waals surface area (Å²) >= 11 is 0. The molecule has 0 fully saturated rings. The van der Waals surface area contributed by atoms with Crippen LogP contribution in [-0.2, 0) is 6.54 Å². The van der Waals surface area contributed by atoms with Gasteiger partial charge in [0.1, 0.15) is 6.54 Å². The van der Waals surface area contributed by atoms with Gasteiger partial charge in [0, 0.05) is 11.5 Å². The molecule has 0 bridgehead atoms. The lowest BCUT2D eigenvalue weighted by atomic mass is 10.1. The molecule has 0 amide bonds. The fourth-order valence-electron chi connectivity index (χ4n) is 1.73. The molecule has 0 aliphatic rings. The molecular formula is C12H12NO+. The summed E-state index contributed by atoms with van der Waals surface area (Å²) in [5.41, 5.74) is 1.78. The van der Waals surface area contributed by atoms with E-state index in [9.17, 15) is 4.79 Å². The Morgan fingerprint density at radius 3 is 2.79 bits per heavy atom. The van der Waals surface area contributed by atoms with Crippen LogP contribution in [0.1, 0.15) is 17.3 Å². The molecule has 1 aromatic carbocycles. The van der Waals surface area contributed by atoms with Gasteiger partial charge in [-0.2, -0.15) is 4.57 Å². The number of pyridine rings is 1. The normalized spacial score (nSPS) is 10.4. The highest BCUT2D eigenvalue weighted by Crippen LogP contribution is 2.12. The third kappa shape index (κ3) is 1.29. The van der Waals surface area contributed by atoms with Crippen LogP contribution >= 0.6 is 0 Å². The van der Waals surface area contributed by atoms with Gasteiger partial charge in [-0.05, 0) is 25.1 Å². The highest BCUT2D eigenvalue weighted by molar-refractivity contribution is 5.93. The van der Waals surface area contributed by atoms with Crippen molar-refractivity contribution in [3.05, 3.63) is 42.1 Å². The third-order valence-corrected chi connectivity index (χ3v) is 2.40. The van der Waals surface area contributed by atoms with Crippen LogP contribution in [0.25, 0.3) is 10.9 Å². The first kappa shape index (κ1) is 8.88. The minimum Gasteiger partial charge on any atom is -0.298 e. The van der Waals surface area contributed by atoms with Gasteiger partial charge >= 0.3 is 0 Å². The Kier molecular flexibility index (Phi) is 2.27. The third-order valence-electron chi connectivity index (χ3n) is 2.40. The largest absolute Gasteiger partial charge is 0.298 e. The highest BCUT2D eigenvalue weighted by atomic mass is 16.1. The standard InChI is InChI=1S/C12H12NO/c1-2-13-8-4-7-10-5-3-6-11(9-14)12(10)13/h3-9H,2H2,1H3/q+1. The topological polar surface area (TPSA) is 20.9 Å². The molecule has 0 saturated carbocycles. The first-order valence-corrected chi connectivity index (χ1v) is 4.73. The van der Waals surface area contributed by atoms with Crippen molar-refractivity contribution in [2.75, 3.05) is 0 Å². The summed E-state index contributed by atoms with van der Waals surface area (Å²) in [5.74, 6) is 0. The first-order chi connectivity index (χ1) is 6.86. The molecule has 14 heavy (non-hydrogen) atoms. The van der Waals surface area contributed by atoms with Gasteiger partial charge in [0.15, 0.2) is 12.5 Å². The Balaban J connectivity index is 2.88. The summed E-state index contributed by atoms with van der Waals surface area (Å²) in [4.78, 5) is 10.9. The van der Waals surface area contributed by atoms with E-state index in [4.69, 9.17) is 0 Å². The molecule has 0 saturated heterocycles. The maximum atomic E-state index is 10.9. The quantitative estimate of drug-likeness (QED) is 0.519. The maximum absolute atomic E-state index is 10.9. The fourth-order valence-corrected chi connectivity index (χ4v) is 1.73. The van der Waals surface area contributed by atoms with Crippen LogP contribution in [0.4, 0.5) is 0 Å². The molecule has 1 heterocycles. The number of hydrogen-bond donors (Lipinski definition) is 0. The average molecular weight is 186 g/mol. The van der Waals surface area contributed by atoms with Gasteiger partial charge in [0.25, 0.3) is 0 Å². The molecule has 0 atom stereocenters. The Morgan fingerprint density at radius 2 is 2.07 bits per heavy atom. The Bertz CT molecular complexity index is 471. The molecule has 0 spiro atoms. The van der Waals surface area contributed by atoms with E-state index in [1.165, 1.54) is 0 Å². The van der Waals surface area contributed by atoms with E-state index in [1.54, 1.807) is 0 Å². The molecule has 2 nitrogen and oxygen atoms in total. The van der Waals surface area contributed by atoms with Crippen LogP contribution in [0.15, 0.2) is 36.5 Å². The minimum atomic E-state index is 0.755. The van der Waals surface area contributed by atoms with Gasteiger partial charge in [0.05, 0.1) is 5.56 Å². The molecule has 0 N–H and O–H groups in total. The molecule has 0 aliphatic heterocycles. The molecule has 0 unspecified atom stereocenters. The maximum Gasteiger partial charge on any atom is 0.223 e. The van der Waals surface area contributed by atoms with Crippen molar-refractivity contribution in [2.45, 2.75) is 13.5 Å². The van der Waals surface area contributed by atoms with Crippen molar-refractivity contribution >= 4 is 17.2 Å². The molecular weight excluding hydrogens is 174 g/mol. The van der Waals surface area contributed by atoms with Crippen molar-refractivity contribution in [3.8, 4) is 0 Å². The number of hydrogen-bond acceptors (Lipinski definition) is 1. The van der Waals surface area contributed by atoms with Crippen molar-refractivity contribution < 1.29 is 9.36 Å². The summed E-state index contributed by atoms with van der Waals surface area (Å²) in [5, 5.41) is 1.11. The summed E-state index contributed by atoms with van der Waals surface area (Å²) < 4.78 is 2.08. The number of aromatic nitrogens is 1. The van der Waals surface area contributed by atoms with E-state index in [1.807, 2.05) is 36.5 Å². The predicted octanol–water partition coefficient (Wildman–Crippen LogP) is 1.96. The first-order valence-electron chi connectivity index (χ1n) is 4.73. The number of fused-ring (bicyclic) bond motifs is 1. The van der Waals surface area contributed by atoms with Crippen LogP contribution in [0.5, 0.6) is 0 Å². The van der Waals surface area contributed by atoms with Gasteiger partial charge < -0.3 is 0 Å². The van der Waals surface area contributed by atoms with E-state index >= 15 is 0 Å². The van der Waals surface area contributed by atoms with Gasteiger partial charge in [0.2, 0.25) is 5.52 Å². The molecule has 0 aliphatic carbocycles. The molecule has 2 rings (SSSR count). The monoisotopic (exact) mass is 186 g/mol. The van der Waals surface area contributed by atoms with E-state index in [-0.39, 0.29) is 0 Å². The smallest absolute Gasteiger partial charge is 0.223 e. The van der Waals surface area contributed by atoms with Crippen molar-refractivity contribution in [1.29, 1.82) is 0 Å². The number of nitrogens with zero attached hydrogens (tertiary/aromatic N) is 1. The Morgan fingerprint density at radius 1 is 1.29 bits per heavy atom. The zero-order chi connectivity index (χ0) is 9.97. The second kappa shape index (κ2) is 3.58. The number of carbonyl (C=O) groups is 1. The summed E-state index contributed by atoms with van der Waals surface area (Å²) in [6.07, 6.45) is 2.91. The molecule has 2 heteroatoms. The van der Waals surface area contributed by atoms with E-state index in [2.05, 4.69) is 11.5 Å². The van der Waals surface area contributed by atoms with E-state index in [0.29, 0.717) is 0 Å².